The molecule has 2 heterocycles. The molecule has 0 fully saturated rings. The molecular weight excluding hydrogens is 326 g/mol. The lowest BCUT2D eigenvalue weighted by molar-refractivity contribution is -0.144. The SMILES string of the molecule is CCOC(=O)Cn1nnc2sc3c(c2c1=O)CC[C@H](C(C)(C)C)C3. The van der Waals surface area contributed by atoms with Gasteiger partial charge in [0.05, 0.1) is 12.0 Å². The average molecular weight is 349 g/mol. The molecule has 1 aliphatic carbocycles. The highest BCUT2D eigenvalue weighted by molar-refractivity contribution is 7.18. The maximum Gasteiger partial charge on any atom is 0.327 e. The van der Waals surface area contributed by atoms with E-state index in [0.717, 1.165) is 29.5 Å². The zero-order chi connectivity index (χ0) is 17.5. The minimum Gasteiger partial charge on any atom is -0.465 e. The van der Waals surface area contributed by atoms with Crippen LogP contribution in [0.15, 0.2) is 4.79 Å². The van der Waals surface area contributed by atoms with Gasteiger partial charge >= 0.3 is 5.97 Å². The summed E-state index contributed by atoms with van der Waals surface area (Å²) in [7, 11) is 0. The summed E-state index contributed by atoms with van der Waals surface area (Å²) in [6.07, 6.45) is 2.94. The average Bonchev–Trinajstić information content (AvgIpc) is 2.87. The van der Waals surface area contributed by atoms with Crippen molar-refractivity contribution in [3.8, 4) is 0 Å². The zero-order valence-electron chi connectivity index (χ0n) is 14.6. The number of esters is 1. The monoisotopic (exact) mass is 349 g/mol. The number of nitrogens with zero attached hydrogens (tertiary/aromatic N) is 3. The van der Waals surface area contributed by atoms with Gasteiger partial charge in [0, 0.05) is 4.88 Å². The Morgan fingerprint density at radius 2 is 2.17 bits per heavy atom. The van der Waals surface area contributed by atoms with Crippen molar-refractivity contribution in [2.45, 2.75) is 53.5 Å². The molecule has 2 aromatic rings. The number of hydrogen-bond acceptors (Lipinski definition) is 6. The fraction of sp³-hybridized carbons (Fsp3) is 0.647. The van der Waals surface area contributed by atoms with Gasteiger partial charge in [0.25, 0.3) is 5.56 Å². The van der Waals surface area contributed by atoms with Crippen LogP contribution in [-0.4, -0.2) is 27.6 Å². The van der Waals surface area contributed by atoms with Gasteiger partial charge in [0.1, 0.15) is 6.54 Å². The van der Waals surface area contributed by atoms with Gasteiger partial charge in [-0.3, -0.25) is 9.59 Å². The Labute approximate surface area is 144 Å². The van der Waals surface area contributed by atoms with E-state index < -0.39 is 5.97 Å². The van der Waals surface area contributed by atoms with Crippen molar-refractivity contribution in [3.63, 3.8) is 0 Å². The Morgan fingerprint density at radius 1 is 1.42 bits per heavy atom. The van der Waals surface area contributed by atoms with E-state index in [1.807, 2.05) is 0 Å². The summed E-state index contributed by atoms with van der Waals surface area (Å²) in [6.45, 7) is 8.62. The van der Waals surface area contributed by atoms with Crippen molar-refractivity contribution >= 4 is 27.5 Å². The predicted octanol–water partition coefficient (Wildman–Crippen LogP) is 2.57. The number of carbonyl (C=O) groups excluding carboxylic acids is 1. The van der Waals surface area contributed by atoms with Gasteiger partial charge in [-0.05, 0) is 43.1 Å². The smallest absolute Gasteiger partial charge is 0.327 e. The number of aryl methyl sites for hydroxylation is 1. The Balaban J connectivity index is 1.99. The van der Waals surface area contributed by atoms with Crippen molar-refractivity contribution in [1.29, 1.82) is 0 Å². The summed E-state index contributed by atoms with van der Waals surface area (Å²) < 4.78 is 6.01. The number of aromatic nitrogens is 3. The quantitative estimate of drug-likeness (QED) is 0.796. The summed E-state index contributed by atoms with van der Waals surface area (Å²) in [5, 5.41) is 8.72. The molecule has 0 radical (unpaired) electrons. The van der Waals surface area contributed by atoms with E-state index in [1.165, 1.54) is 4.88 Å². The van der Waals surface area contributed by atoms with E-state index >= 15 is 0 Å². The Hall–Kier alpha value is -1.76. The first-order chi connectivity index (χ1) is 11.3. The molecule has 0 aliphatic heterocycles. The van der Waals surface area contributed by atoms with Gasteiger partial charge in [0.15, 0.2) is 4.83 Å². The third-order valence-electron chi connectivity index (χ3n) is 4.75. The van der Waals surface area contributed by atoms with E-state index in [-0.39, 0.29) is 24.1 Å². The molecule has 1 aliphatic rings. The molecule has 1 atom stereocenters. The molecule has 0 bridgehead atoms. The van der Waals surface area contributed by atoms with Crippen LogP contribution in [0.1, 0.15) is 44.6 Å². The Morgan fingerprint density at radius 3 is 2.83 bits per heavy atom. The molecule has 6 nitrogen and oxygen atoms in total. The van der Waals surface area contributed by atoms with Crippen molar-refractivity contribution in [3.05, 3.63) is 20.8 Å². The van der Waals surface area contributed by atoms with E-state index in [1.54, 1.807) is 18.3 Å². The predicted molar refractivity (Wildman–Crippen MR) is 93.3 cm³/mol. The summed E-state index contributed by atoms with van der Waals surface area (Å²) >= 11 is 1.57. The van der Waals surface area contributed by atoms with Crippen LogP contribution < -0.4 is 5.56 Å². The van der Waals surface area contributed by atoms with Crippen LogP contribution in [-0.2, 0) is 28.9 Å². The summed E-state index contributed by atoms with van der Waals surface area (Å²) in [5.74, 6) is 0.137. The van der Waals surface area contributed by atoms with Crippen molar-refractivity contribution in [1.82, 2.24) is 15.0 Å². The lowest BCUT2D eigenvalue weighted by Crippen LogP contribution is -2.29. The van der Waals surface area contributed by atoms with Gasteiger partial charge in [-0.1, -0.05) is 26.0 Å². The molecule has 0 N–H and O–H groups in total. The van der Waals surface area contributed by atoms with Crippen LogP contribution in [0.2, 0.25) is 0 Å². The number of hydrogen-bond donors (Lipinski definition) is 0. The van der Waals surface area contributed by atoms with Gasteiger partial charge in [-0.2, -0.15) is 4.68 Å². The highest BCUT2D eigenvalue weighted by Gasteiger charge is 2.32. The van der Waals surface area contributed by atoms with Crippen LogP contribution in [0, 0.1) is 11.3 Å². The second-order valence-electron chi connectivity index (χ2n) is 7.35. The maximum absolute atomic E-state index is 12.7. The first-order valence-electron chi connectivity index (χ1n) is 8.35. The molecule has 24 heavy (non-hydrogen) atoms. The Kier molecular flexibility index (Phi) is 4.46. The molecule has 0 saturated heterocycles. The van der Waals surface area contributed by atoms with Crippen LogP contribution >= 0.6 is 11.3 Å². The molecule has 0 saturated carbocycles. The van der Waals surface area contributed by atoms with E-state index in [4.69, 9.17) is 4.74 Å². The number of fused-ring (bicyclic) bond motifs is 3. The molecule has 0 amide bonds. The van der Waals surface area contributed by atoms with Crippen LogP contribution in [0.3, 0.4) is 0 Å². The maximum atomic E-state index is 12.7. The largest absolute Gasteiger partial charge is 0.465 e. The highest BCUT2D eigenvalue weighted by atomic mass is 32.1. The fourth-order valence-corrected chi connectivity index (χ4v) is 4.53. The number of thiophene rings is 1. The van der Waals surface area contributed by atoms with Crippen LogP contribution in [0.25, 0.3) is 10.2 Å². The second kappa shape index (κ2) is 6.27. The molecule has 0 aromatic carbocycles. The second-order valence-corrected chi connectivity index (χ2v) is 8.43. The first-order valence-corrected chi connectivity index (χ1v) is 9.16. The third-order valence-corrected chi connectivity index (χ3v) is 5.89. The molecular formula is C17H23N3O3S. The normalized spacial score (nSPS) is 17.8. The summed E-state index contributed by atoms with van der Waals surface area (Å²) in [6, 6.07) is 0. The lowest BCUT2D eigenvalue weighted by Gasteiger charge is -2.33. The highest BCUT2D eigenvalue weighted by Crippen LogP contribution is 2.41. The van der Waals surface area contributed by atoms with Gasteiger partial charge in [-0.25, -0.2) is 0 Å². The first kappa shape index (κ1) is 17.1. The van der Waals surface area contributed by atoms with Crippen molar-refractivity contribution in [2.24, 2.45) is 11.3 Å². The van der Waals surface area contributed by atoms with Crippen LogP contribution in [0.5, 0.6) is 0 Å². The fourth-order valence-electron chi connectivity index (χ4n) is 3.30. The molecule has 7 heteroatoms. The zero-order valence-corrected chi connectivity index (χ0v) is 15.4. The molecule has 0 unspecified atom stereocenters. The Bertz CT molecular complexity index is 832. The van der Waals surface area contributed by atoms with E-state index in [2.05, 4.69) is 31.1 Å². The van der Waals surface area contributed by atoms with E-state index in [9.17, 15) is 9.59 Å². The van der Waals surface area contributed by atoms with E-state index in [0.29, 0.717) is 16.1 Å². The van der Waals surface area contributed by atoms with Gasteiger partial charge in [-0.15, -0.1) is 16.4 Å². The molecule has 130 valence electrons. The number of carbonyl (C=O) groups is 1. The molecule has 3 rings (SSSR count). The summed E-state index contributed by atoms with van der Waals surface area (Å²) in [5.41, 5.74) is 1.12. The minimum absolute atomic E-state index is 0.190. The van der Waals surface area contributed by atoms with Crippen molar-refractivity contribution < 1.29 is 9.53 Å². The molecule has 0 spiro atoms. The minimum atomic E-state index is -0.467. The third kappa shape index (κ3) is 3.09. The van der Waals surface area contributed by atoms with Crippen LogP contribution in [0.4, 0.5) is 0 Å². The lowest BCUT2D eigenvalue weighted by atomic mass is 9.72. The molecule has 2 aromatic heterocycles. The number of ether oxygens (including phenoxy) is 1. The van der Waals surface area contributed by atoms with Gasteiger partial charge in [0.2, 0.25) is 0 Å². The summed E-state index contributed by atoms with van der Waals surface area (Å²) in [4.78, 5) is 26.3. The van der Waals surface area contributed by atoms with Crippen molar-refractivity contribution in [2.75, 3.05) is 6.61 Å². The number of rotatable bonds is 3. The standard InChI is InChI=1S/C17H23N3O3S/c1-5-23-13(21)9-20-16(22)14-11-7-6-10(17(2,3)4)8-12(11)24-15(14)18-19-20/h10H,5-9H2,1-4H3/t10-/m0/s1. The van der Waals surface area contributed by atoms with Gasteiger partial charge < -0.3 is 4.74 Å². The topological polar surface area (TPSA) is 74.1 Å².